The molecule has 0 unspecified atom stereocenters. The lowest BCUT2D eigenvalue weighted by atomic mass is 10.4. The first-order chi connectivity index (χ1) is 7.83. The summed E-state index contributed by atoms with van der Waals surface area (Å²) in [6.45, 7) is 3.01. The Balaban J connectivity index is 2.15. The average molecular weight is 250 g/mol. The fourth-order valence-corrected chi connectivity index (χ4v) is 2.76. The van der Waals surface area contributed by atoms with Gasteiger partial charge in [0.2, 0.25) is 5.13 Å². The van der Waals surface area contributed by atoms with E-state index >= 15 is 0 Å². The first-order valence-corrected chi connectivity index (χ1v) is 6.54. The number of nitrogens with zero attached hydrogens (tertiary/aromatic N) is 3. The predicted octanol–water partition coefficient (Wildman–Crippen LogP) is 2.96. The zero-order valence-electron chi connectivity index (χ0n) is 8.73. The van der Waals surface area contributed by atoms with Crippen LogP contribution in [0.1, 0.15) is 18.2 Å². The van der Waals surface area contributed by atoms with E-state index in [1.165, 1.54) is 22.7 Å². The van der Waals surface area contributed by atoms with Crippen LogP contribution in [0.15, 0.2) is 12.1 Å². The van der Waals surface area contributed by atoms with E-state index in [0.717, 1.165) is 28.0 Å². The SMILES string of the molecule is CCCNc1nnc(-c2ccc(C#N)s2)s1. The minimum atomic E-state index is 0.702. The Kier molecular flexibility index (Phi) is 3.49. The van der Waals surface area contributed by atoms with Crippen molar-refractivity contribution in [3.63, 3.8) is 0 Å². The van der Waals surface area contributed by atoms with Gasteiger partial charge in [-0.1, -0.05) is 18.3 Å². The third-order valence-corrected chi connectivity index (χ3v) is 3.92. The van der Waals surface area contributed by atoms with Crippen LogP contribution in [0.2, 0.25) is 0 Å². The molecule has 6 heteroatoms. The molecule has 0 aromatic carbocycles. The Hall–Kier alpha value is -1.45. The van der Waals surface area contributed by atoms with E-state index in [1.807, 2.05) is 6.07 Å². The second-order valence-electron chi connectivity index (χ2n) is 3.11. The Labute approximate surface area is 102 Å². The van der Waals surface area contributed by atoms with Crippen LogP contribution in [0.5, 0.6) is 0 Å². The van der Waals surface area contributed by atoms with E-state index in [4.69, 9.17) is 5.26 Å². The highest BCUT2D eigenvalue weighted by molar-refractivity contribution is 7.23. The highest BCUT2D eigenvalue weighted by Gasteiger charge is 2.08. The molecule has 82 valence electrons. The molecule has 0 saturated carbocycles. The van der Waals surface area contributed by atoms with Crippen LogP contribution in [0.3, 0.4) is 0 Å². The van der Waals surface area contributed by atoms with Crippen LogP contribution in [-0.2, 0) is 0 Å². The number of anilines is 1. The van der Waals surface area contributed by atoms with Gasteiger partial charge in [0.25, 0.3) is 0 Å². The van der Waals surface area contributed by atoms with Gasteiger partial charge in [-0.3, -0.25) is 0 Å². The zero-order valence-corrected chi connectivity index (χ0v) is 10.4. The fourth-order valence-electron chi connectivity index (χ4n) is 1.14. The first-order valence-electron chi connectivity index (χ1n) is 4.91. The highest BCUT2D eigenvalue weighted by Crippen LogP contribution is 2.31. The van der Waals surface area contributed by atoms with Crippen LogP contribution in [0, 0.1) is 11.3 Å². The van der Waals surface area contributed by atoms with Crippen molar-refractivity contribution in [3.05, 3.63) is 17.0 Å². The Morgan fingerprint density at radius 1 is 1.38 bits per heavy atom. The number of hydrogen-bond acceptors (Lipinski definition) is 6. The second kappa shape index (κ2) is 5.05. The lowest BCUT2D eigenvalue weighted by Gasteiger charge is -1.95. The van der Waals surface area contributed by atoms with E-state index in [-0.39, 0.29) is 0 Å². The van der Waals surface area contributed by atoms with Gasteiger partial charge in [0, 0.05) is 6.54 Å². The summed E-state index contributed by atoms with van der Waals surface area (Å²) in [6.07, 6.45) is 1.06. The number of nitriles is 1. The molecule has 0 aliphatic rings. The van der Waals surface area contributed by atoms with Crippen LogP contribution in [-0.4, -0.2) is 16.7 Å². The van der Waals surface area contributed by atoms with Crippen LogP contribution >= 0.6 is 22.7 Å². The first kappa shape index (κ1) is 11.0. The van der Waals surface area contributed by atoms with Crippen molar-refractivity contribution in [3.8, 4) is 16.0 Å². The third kappa shape index (κ3) is 2.38. The second-order valence-corrected chi connectivity index (χ2v) is 5.18. The van der Waals surface area contributed by atoms with E-state index < -0.39 is 0 Å². The average Bonchev–Trinajstić information content (AvgIpc) is 2.94. The van der Waals surface area contributed by atoms with Crippen LogP contribution < -0.4 is 5.32 Å². The summed E-state index contributed by atoms with van der Waals surface area (Å²) in [7, 11) is 0. The number of nitrogens with one attached hydrogen (secondary N) is 1. The lowest BCUT2D eigenvalue weighted by molar-refractivity contribution is 0.964. The van der Waals surface area contributed by atoms with Gasteiger partial charge < -0.3 is 5.32 Å². The van der Waals surface area contributed by atoms with Crippen molar-refractivity contribution in [2.45, 2.75) is 13.3 Å². The molecular formula is C10H10N4S2. The molecule has 2 aromatic rings. The molecular weight excluding hydrogens is 240 g/mol. The maximum absolute atomic E-state index is 8.73. The summed E-state index contributed by atoms with van der Waals surface area (Å²) in [5.74, 6) is 0. The molecule has 0 aliphatic heterocycles. The van der Waals surface area contributed by atoms with E-state index in [2.05, 4.69) is 28.5 Å². The summed E-state index contributed by atoms with van der Waals surface area (Å²) in [4.78, 5) is 1.70. The van der Waals surface area contributed by atoms with Gasteiger partial charge in [-0.15, -0.1) is 21.5 Å². The Morgan fingerprint density at radius 3 is 2.94 bits per heavy atom. The molecule has 0 radical (unpaired) electrons. The van der Waals surface area contributed by atoms with Gasteiger partial charge >= 0.3 is 0 Å². The van der Waals surface area contributed by atoms with E-state index in [9.17, 15) is 0 Å². The summed E-state index contributed by atoms with van der Waals surface area (Å²) in [5.41, 5.74) is 0. The van der Waals surface area contributed by atoms with Gasteiger partial charge in [-0.25, -0.2) is 0 Å². The number of aromatic nitrogens is 2. The van der Waals surface area contributed by atoms with Gasteiger partial charge in [-0.05, 0) is 18.6 Å². The molecule has 0 amide bonds. The summed E-state index contributed by atoms with van der Waals surface area (Å²) in [6, 6.07) is 5.83. The van der Waals surface area contributed by atoms with Crippen molar-refractivity contribution in [2.24, 2.45) is 0 Å². The molecule has 2 aromatic heterocycles. The minimum Gasteiger partial charge on any atom is -0.360 e. The number of thiophene rings is 1. The normalized spacial score (nSPS) is 10.0. The van der Waals surface area contributed by atoms with Gasteiger partial charge in [0.05, 0.1) is 4.88 Å². The largest absolute Gasteiger partial charge is 0.360 e. The molecule has 0 spiro atoms. The molecule has 0 aliphatic carbocycles. The Bertz CT molecular complexity index is 509. The molecule has 0 fully saturated rings. The third-order valence-electron chi connectivity index (χ3n) is 1.88. The molecule has 0 atom stereocenters. The molecule has 16 heavy (non-hydrogen) atoms. The maximum Gasteiger partial charge on any atom is 0.206 e. The molecule has 0 bridgehead atoms. The van der Waals surface area contributed by atoms with Crippen LogP contribution in [0.25, 0.3) is 9.88 Å². The van der Waals surface area contributed by atoms with E-state index in [0.29, 0.717) is 4.88 Å². The minimum absolute atomic E-state index is 0.702. The molecule has 0 saturated heterocycles. The molecule has 4 nitrogen and oxygen atoms in total. The predicted molar refractivity (Wildman–Crippen MR) is 66.7 cm³/mol. The summed E-state index contributed by atoms with van der Waals surface area (Å²) < 4.78 is 0. The van der Waals surface area contributed by atoms with Crippen molar-refractivity contribution in [1.82, 2.24) is 10.2 Å². The highest BCUT2D eigenvalue weighted by atomic mass is 32.1. The fraction of sp³-hybridized carbons (Fsp3) is 0.300. The van der Waals surface area contributed by atoms with Gasteiger partial charge in [0.15, 0.2) is 5.01 Å². The smallest absolute Gasteiger partial charge is 0.206 e. The topological polar surface area (TPSA) is 61.6 Å². The molecule has 1 N–H and O–H groups in total. The lowest BCUT2D eigenvalue weighted by Crippen LogP contribution is -1.98. The number of hydrogen-bond donors (Lipinski definition) is 1. The van der Waals surface area contributed by atoms with Crippen molar-refractivity contribution < 1.29 is 0 Å². The monoisotopic (exact) mass is 250 g/mol. The summed E-state index contributed by atoms with van der Waals surface area (Å²) in [5, 5.41) is 21.8. The molecule has 2 heterocycles. The van der Waals surface area contributed by atoms with Gasteiger partial charge in [-0.2, -0.15) is 5.26 Å². The summed E-state index contributed by atoms with van der Waals surface area (Å²) >= 11 is 2.96. The van der Waals surface area contributed by atoms with Crippen LogP contribution in [0.4, 0.5) is 5.13 Å². The molecule has 2 rings (SSSR count). The Morgan fingerprint density at radius 2 is 2.25 bits per heavy atom. The standard InChI is InChI=1S/C10H10N4S2/c1-2-5-12-10-14-13-9(16-10)8-4-3-7(6-11)15-8/h3-4H,2,5H2,1H3,(H,12,14). The zero-order chi connectivity index (χ0) is 11.4. The van der Waals surface area contributed by atoms with E-state index in [1.54, 1.807) is 6.07 Å². The number of rotatable bonds is 4. The quantitative estimate of drug-likeness (QED) is 0.906. The van der Waals surface area contributed by atoms with Crippen molar-refractivity contribution in [1.29, 1.82) is 5.26 Å². The van der Waals surface area contributed by atoms with Gasteiger partial charge in [0.1, 0.15) is 10.9 Å². The van der Waals surface area contributed by atoms with Crippen molar-refractivity contribution in [2.75, 3.05) is 11.9 Å². The maximum atomic E-state index is 8.73. The van der Waals surface area contributed by atoms with Crippen molar-refractivity contribution >= 4 is 27.8 Å².